The monoisotopic (exact) mass is 466 g/mol. The zero-order valence-electron chi connectivity index (χ0n) is 19.5. The third kappa shape index (κ3) is 4.59. The number of aliphatic hydroxyl groups excluding tert-OH is 1. The summed E-state index contributed by atoms with van der Waals surface area (Å²) in [4.78, 5) is 30.0. The molecule has 0 saturated carbocycles. The van der Waals surface area contributed by atoms with E-state index in [0.29, 0.717) is 48.8 Å². The first-order chi connectivity index (χ1) is 16.4. The van der Waals surface area contributed by atoms with Crippen LogP contribution in [0.15, 0.2) is 48.0 Å². The number of rotatable bonds is 8. The van der Waals surface area contributed by atoms with Crippen LogP contribution in [-0.4, -0.2) is 71.1 Å². The van der Waals surface area contributed by atoms with Crippen LogP contribution < -0.4 is 9.47 Å². The van der Waals surface area contributed by atoms with Crippen molar-refractivity contribution in [2.45, 2.75) is 26.3 Å². The van der Waals surface area contributed by atoms with Gasteiger partial charge in [-0.3, -0.25) is 9.59 Å². The van der Waals surface area contributed by atoms with Crippen LogP contribution in [-0.2, 0) is 9.59 Å². The molecule has 4 rings (SSSR count). The summed E-state index contributed by atoms with van der Waals surface area (Å²) in [6, 6.07) is 10.6. The van der Waals surface area contributed by atoms with E-state index in [9.17, 15) is 19.8 Å². The van der Waals surface area contributed by atoms with Gasteiger partial charge in [0.25, 0.3) is 11.7 Å². The van der Waals surface area contributed by atoms with Crippen molar-refractivity contribution in [1.29, 1.82) is 0 Å². The number of likely N-dealkylation sites (tertiary alicyclic amines) is 1. The molecule has 1 fully saturated rings. The first-order valence-electron chi connectivity index (χ1n) is 11.6. The molecule has 180 valence electrons. The number of carbonyl (C=O) groups excluding carboxylic acids is 2. The first-order valence-corrected chi connectivity index (χ1v) is 11.6. The van der Waals surface area contributed by atoms with E-state index in [0.717, 1.165) is 19.6 Å². The number of hydrogen-bond acceptors (Lipinski definition) is 7. The van der Waals surface area contributed by atoms with Crippen molar-refractivity contribution in [2.75, 3.05) is 39.4 Å². The number of phenols is 1. The second-order valence-corrected chi connectivity index (χ2v) is 8.33. The first kappa shape index (κ1) is 23.6. The number of aliphatic hydroxyl groups is 1. The van der Waals surface area contributed by atoms with E-state index in [1.165, 1.54) is 17.0 Å². The molecule has 8 heteroatoms. The average Bonchev–Trinajstić information content (AvgIpc) is 3.11. The van der Waals surface area contributed by atoms with Crippen LogP contribution in [0.2, 0.25) is 0 Å². The summed E-state index contributed by atoms with van der Waals surface area (Å²) in [5.74, 6) is -0.641. The van der Waals surface area contributed by atoms with Gasteiger partial charge in [0, 0.05) is 12.1 Å². The third-order valence-corrected chi connectivity index (χ3v) is 6.31. The van der Waals surface area contributed by atoms with Crippen LogP contribution in [0.1, 0.15) is 37.4 Å². The average molecular weight is 467 g/mol. The Labute approximate surface area is 199 Å². The molecule has 1 amide bonds. The van der Waals surface area contributed by atoms with Crippen molar-refractivity contribution in [3.8, 4) is 17.2 Å². The molecule has 2 aromatic carbocycles. The van der Waals surface area contributed by atoms with Gasteiger partial charge in [0.15, 0.2) is 11.5 Å². The number of fused-ring (bicyclic) bond motifs is 1. The second kappa shape index (κ2) is 10.2. The highest BCUT2D eigenvalue weighted by Crippen LogP contribution is 2.41. The van der Waals surface area contributed by atoms with Crippen LogP contribution >= 0.6 is 0 Å². The summed E-state index contributed by atoms with van der Waals surface area (Å²) in [6.45, 7) is 7.91. The maximum atomic E-state index is 13.2. The molecule has 2 aliphatic rings. The number of ketones is 1. The van der Waals surface area contributed by atoms with Gasteiger partial charge in [-0.05, 0) is 62.0 Å². The lowest BCUT2D eigenvalue weighted by molar-refractivity contribution is -0.140. The number of amides is 1. The zero-order valence-corrected chi connectivity index (χ0v) is 19.5. The van der Waals surface area contributed by atoms with Crippen molar-refractivity contribution in [2.24, 2.45) is 0 Å². The van der Waals surface area contributed by atoms with Crippen LogP contribution in [0, 0.1) is 0 Å². The van der Waals surface area contributed by atoms with Crippen LogP contribution in [0.25, 0.3) is 5.76 Å². The van der Waals surface area contributed by atoms with E-state index in [-0.39, 0.29) is 17.1 Å². The van der Waals surface area contributed by atoms with Crippen molar-refractivity contribution in [1.82, 2.24) is 9.80 Å². The smallest absolute Gasteiger partial charge is 0.295 e. The maximum Gasteiger partial charge on any atom is 0.295 e. The minimum Gasteiger partial charge on any atom is -0.508 e. The zero-order chi connectivity index (χ0) is 24.2. The lowest BCUT2D eigenvalue weighted by atomic mass is 9.95. The minimum atomic E-state index is -0.808. The summed E-state index contributed by atoms with van der Waals surface area (Å²) >= 11 is 0. The van der Waals surface area contributed by atoms with Gasteiger partial charge >= 0.3 is 0 Å². The summed E-state index contributed by atoms with van der Waals surface area (Å²) < 4.78 is 11.2. The third-order valence-electron chi connectivity index (χ3n) is 6.31. The van der Waals surface area contributed by atoms with Crippen molar-refractivity contribution in [3.63, 3.8) is 0 Å². The van der Waals surface area contributed by atoms with Gasteiger partial charge in [-0.2, -0.15) is 0 Å². The fraction of sp³-hybridized carbons (Fsp3) is 0.385. The number of carbonyl (C=O) groups is 2. The molecule has 1 saturated heterocycles. The van der Waals surface area contributed by atoms with E-state index in [4.69, 9.17) is 9.47 Å². The van der Waals surface area contributed by atoms with E-state index < -0.39 is 17.7 Å². The number of benzene rings is 2. The highest BCUT2D eigenvalue weighted by atomic mass is 16.6. The number of Topliss-reactive ketones (excluding diaryl/α,β-unsaturated/α-hetero) is 1. The lowest BCUT2D eigenvalue weighted by Gasteiger charge is -2.27. The topological polar surface area (TPSA) is 99.5 Å². The van der Waals surface area contributed by atoms with E-state index in [2.05, 4.69) is 18.7 Å². The fourth-order valence-electron chi connectivity index (χ4n) is 4.50. The van der Waals surface area contributed by atoms with Gasteiger partial charge in [0.1, 0.15) is 24.7 Å². The Morgan fingerprint density at radius 3 is 2.50 bits per heavy atom. The van der Waals surface area contributed by atoms with Crippen LogP contribution in [0.3, 0.4) is 0 Å². The lowest BCUT2D eigenvalue weighted by Crippen LogP contribution is -2.33. The Bertz CT molecular complexity index is 1110. The molecular weight excluding hydrogens is 436 g/mol. The molecule has 2 heterocycles. The van der Waals surface area contributed by atoms with Gasteiger partial charge in [-0.1, -0.05) is 26.0 Å². The molecule has 0 aromatic heterocycles. The molecule has 2 aliphatic heterocycles. The van der Waals surface area contributed by atoms with E-state index in [1.807, 2.05) is 0 Å². The normalized spacial score (nSPS) is 19.1. The Morgan fingerprint density at radius 2 is 1.79 bits per heavy atom. The molecule has 2 N–H and O–H groups in total. The largest absolute Gasteiger partial charge is 0.508 e. The Morgan fingerprint density at radius 1 is 1.06 bits per heavy atom. The summed E-state index contributed by atoms with van der Waals surface area (Å²) in [7, 11) is 0. The molecule has 1 atom stereocenters. The van der Waals surface area contributed by atoms with Crippen molar-refractivity contribution < 1.29 is 29.3 Å². The number of aromatic hydroxyl groups is 1. The van der Waals surface area contributed by atoms with Crippen LogP contribution in [0.5, 0.6) is 17.2 Å². The molecule has 0 bridgehead atoms. The predicted octanol–water partition coefficient (Wildman–Crippen LogP) is 3.32. The number of ether oxygens (including phenoxy) is 2. The summed E-state index contributed by atoms with van der Waals surface area (Å²) in [6.07, 6.45) is 0.675. The Hall–Kier alpha value is -3.52. The SMILES string of the molecule is CCN(CC)CCCN1C(=O)C(=O)C(=C(O)c2ccc3c(c2)OCCO3)[C@@H]1c1cccc(O)c1. The molecule has 0 unspecified atom stereocenters. The Kier molecular flexibility index (Phi) is 7.07. The highest BCUT2D eigenvalue weighted by molar-refractivity contribution is 6.46. The predicted molar refractivity (Wildman–Crippen MR) is 127 cm³/mol. The Balaban J connectivity index is 1.73. The highest BCUT2D eigenvalue weighted by Gasteiger charge is 2.46. The van der Waals surface area contributed by atoms with Gasteiger partial charge in [-0.15, -0.1) is 0 Å². The summed E-state index contributed by atoms with van der Waals surface area (Å²) in [5.41, 5.74) is 0.909. The quantitative estimate of drug-likeness (QED) is 0.350. The molecule has 0 radical (unpaired) electrons. The van der Waals surface area contributed by atoms with E-state index >= 15 is 0 Å². The van der Waals surface area contributed by atoms with Crippen molar-refractivity contribution >= 4 is 17.4 Å². The number of nitrogens with zero attached hydrogens (tertiary/aromatic N) is 2. The standard InChI is InChI=1S/C26H30N2O6/c1-3-27(4-2)11-6-12-28-23(17-7-5-8-19(29)15-17)22(25(31)26(28)32)24(30)18-9-10-20-21(16-18)34-14-13-33-20/h5,7-10,15-16,23,29-30H,3-4,6,11-14H2,1-2H3/t23-/m0/s1. The maximum absolute atomic E-state index is 13.2. The molecule has 0 spiro atoms. The minimum absolute atomic E-state index is 0.00452. The molecule has 0 aliphatic carbocycles. The fourth-order valence-corrected chi connectivity index (χ4v) is 4.50. The molecule has 2 aromatic rings. The van der Waals surface area contributed by atoms with Crippen molar-refractivity contribution in [3.05, 3.63) is 59.2 Å². The van der Waals surface area contributed by atoms with Gasteiger partial charge < -0.3 is 29.5 Å². The number of phenolic OH excluding ortho intramolecular Hbond substituents is 1. The van der Waals surface area contributed by atoms with Gasteiger partial charge in [0.2, 0.25) is 0 Å². The summed E-state index contributed by atoms with van der Waals surface area (Å²) in [5, 5.41) is 21.3. The van der Waals surface area contributed by atoms with E-state index in [1.54, 1.807) is 30.3 Å². The molecule has 8 nitrogen and oxygen atoms in total. The molecular formula is C26H30N2O6. The van der Waals surface area contributed by atoms with Gasteiger partial charge in [0.05, 0.1) is 11.6 Å². The van der Waals surface area contributed by atoms with Gasteiger partial charge in [-0.25, -0.2) is 0 Å². The van der Waals surface area contributed by atoms with Crippen LogP contribution in [0.4, 0.5) is 0 Å². The molecule has 34 heavy (non-hydrogen) atoms. The number of hydrogen-bond donors (Lipinski definition) is 2. The second-order valence-electron chi connectivity index (χ2n) is 8.33.